The maximum Gasteiger partial charge on any atom is 0.337 e. The van der Waals surface area contributed by atoms with Gasteiger partial charge in [0.2, 0.25) is 5.88 Å². The number of carboxylic acids is 1. The van der Waals surface area contributed by atoms with Gasteiger partial charge < -0.3 is 9.84 Å². The van der Waals surface area contributed by atoms with Crippen molar-refractivity contribution >= 4 is 5.97 Å². The van der Waals surface area contributed by atoms with Crippen LogP contribution in [0.5, 0.6) is 11.6 Å². The second kappa shape index (κ2) is 5.43. The molecular weight excluding hydrogens is 256 g/mol. The van der Waals surface area contributed by atoms with E-state index in [9.17, 15) is 13.6 Å². The fraction of sp³-hybridized carbons (Fsp3) is 0.0769. The predicted octanol–water partition coefficient (Wildman–Crippen LogP) is 3.18. The first-order valence-electron chi connectivity index (χ1n) is 5.31. The standard InChI is InChI=1S/C13H9F2NO3/c14-6-8-1-3-10(15)11(5-8)19-12-4-2-9(7-16-12)13(17)18/h1-5,7H,6H2,(H,17,18). The second-order valence-corrected chi connectivity index (χ2v) is 3.69. The SMILES string of the molecule is O=C(O)c1ccc(Oc2cc(CF)ccc2F)nc1. The Hall–Kier alpha value is -2.50. The van der Waals surface area contributed by atoms with Crippen LogP contribution < -0.4 is 4.74 Å². The number of rotatable bonds is 4. The number of aromatic carboxylic acids is 1. The van der Waals surface area contributed by atoms with Crippen molar-refractivity contribution in [3.05, 3.63) is 53.5 Å². The molecule has 0 saturated carbocycles. The molecule has 0 saturated heterocycles. The summed E-state index contributed by atoms with van der Waals surface area (Å²) in [4.78, 5) is 14.4. The van der Waals surface area contributed by atoms with Crippen molar-refractivity contribution in [1.82, 2.24) is 4.98 Å². The molecular formula is C13H9F2NO3. The molecule has 0 aliphatic heterocycles. The van der Waals surface area contributed by atoms with E-state index in [1.807, 2.05) is 0 Å². The maximum absolute atomic E-state index is 13.4. The minimum Gasteiger partial charge on any atom is -0.478 e. The number of carboxylic acid groups (broad SMARTS) is 1. The zero-order valence-corrected chi connectivity index (χ0v) is 9.64. The molecule has 19 heavy (non-hydrogen) atoms. The number of ether oxygens (including phenoxy) is 1. The molecule has 4 nitrogen and oxygen atoms in total. The van der Waals surface area contributed by atoms with Crippen molar-refractivity contribution in [3.8, 4) is 11.6 Å². The van der Waals surface area contributed by atoms with E-state index in [1.165, 1.54) is 24.3 Å². The number of alkyl halides is 1. The van der Waals surface area contributed by atoms with Crippen LogP contribution in [0.2, 0.25) is 0 Å². The lowest BCUT2D eigenvalue weighted by Gasteiger charge is -2.07. The lowest BCUT2D eigenvalue weighted by atomic mass is 10.2. The van der Waals surface area contributed by atoms with Gasteiger partial charge in [0, 0.05) is 12.3 Å². The Morgan fingerprint density at radius 1 is 1.32 bits per heavy atom. The van der Waals surface area contributed by atoms with Gasteiger partial charge in [-0.2, -0.15) is 0 Å². The van der Waals surface area contributed by atoms with Gasteiger partial charge >= 0.3 is 5.97 Å². The Kier molecular flexibility index (Phi) is 3.70. The average Bonchev–Trinajstić information content (AvgIpc) is 2.42. The van der Waals surface area contributed by atoms with E-state index in [4.69, 9.17) is 9.84 Å². The van der Waals surface area contributed by atoms with Crippen LogP contribution in [0.4, 0.5) is 8.78 Å². The highest BCUT2D eigenvalue weighted by atomic mass is 19.1. The number of hydrogen-bond acceptors (Lipinski definition) is 3. The van der Waals surface area contributed by atoms with Gasteiger partial charge in [-0.15, -0.1) is 0 Å². The number of benzene rings is 1. The van der Waals surface area contributed by atoms with Crippen molar-refractivity contribution in [3.63, 3.8) is 0 Å². The number of aromatic nitrogens is 1. The monoisotopic (exact) mass is 265 g/mol. The smallest absolute Gasteiger partial charge is 0.337 e. The largest absolute Gasteiger partial charge is 0.478 e. The Labute approximate surface area is 107 Å². The van der Waals surface area contributed by atoms with Crippen molar-refractivity contribution in [1.29, 1.82) is 0 Å². The minimum atomic E-state index is -1.12. The predicted molar refractivity (Wildman–Crippen MR) is 62.5 cm³/mol. The van der Waals surface area contributed by atoms with Crippen molar-refractivity contribution in [2.45, 2.75) is 6.67 Å². The van der Waals surface area contributed by atoms with Crippen LogP contribution in [0.15, 0.2) is 36.5 Å². The fourth-order valence-corrected chi connectivity index (χ4v) is 1.39. The Balaban J connectivity index is 2.23. The zero-order valence-electron chi connectivity index (χ0n) is 9.64. The van der Waals surface area contributed by atoms with Crippen LogP contribution >= 0.6 is 0 Å². The van der Waals surface area contributed by atoms with E-state index >= 15 is 0 Å². The number of pyridine rings is 1. The Morgan fingerprint density at radius 2 is 2.11 bits per heavy atom. The van der Waals surface area contributed by atoms with Crippen LogP contribution in [0.1, 0.15) is 15.9 Å². The van der Waals surface area contributed by atoms with E-state index < -0.39 is 18.5 Å². The van der Waals surface area contributed by atoms with Crippen molar-refractivity contribution in [2.24, 2.45) is 0 Å². The lowest BCUT2D eigenvalue weighted by Crippen LogP contribution is -1.98. The molecule has 0 amide bonds. The number of halogens is 2. The lowest BCUT2D eigenvalue weighted by molar-refractivity contribution is 0.0696. The third-order valence-electron chi connectivity index (χ3n) is 2.35. The molecule has 98 valence electrons. The normalized spacial score (nSPS) is 10.2. The summed E-state index contributed by atoms with van der Waals surface area (Å²) >= 11 is 0. The van der Waals surface area contributed by atoms with Gasteiger partial charge in [-0.3, -0.25) is 0 Å². The molecule has 1 aromatic heterocycles. The first-order valence-corrected chi connectivity index (χ1v) is 5.31. The fourth-order valence-electron chi connectivity index (χ4n) is 1.39. The molecule has 0 bridgehead atoms. The molecule has 0 aliphatic carbocycles. The van der Waals surface area contributed by atoms with E-state index in [0.717, 1.165) is 12.3 Å². The maximum atomic E-state index is 13.4. The summed E-state index contributed by atoms with van der Waals surface area (Å²) in [5.74, 6) is -1.91. The summed E-state index contributed by atoms with van der Waals surface area (Å²) in [6.07, 6.45) is 1.09. The molecule has 1 N–H and O–H groups in total. The Bertz CT molecular complexity index is 599. The molecule has 0 fully saturated rings. The Morgan fingerprint density at radius 3 is 2.68 bits per heavy atom. The summed E-state index contributed by atoms with van der Waals surface area (Å²) in [5, 5.41) is 8.70. The van der Waals surface area contributed by atoms with Crippen LogP contribution in [0.3, 0.4) is 0 Å². The van der Waals surface area contributed by atoms with Crippen LogP contribution in [0.25, 0.3) is 0 Å². The van der Waals surface area contributed by atoms with Crippen LogP contribution in [0, 0.1) is 5.82 Å². The van der Waals surface area contributed by atoms with E-state index in [1.54, 1.807) is 0 Å². The third-order valence-corrected chi connectivity index (χ3v) is 2.35. The van der Waals surface area contributed by atoms with E-state index in [-0.39, 0.29) is 22.8 Å². The molecule has 2 rings (SSSR count). The molecule has 6 heteroatoms. The highest BCUT2D eigenvalue weighted by Crippen LogP contribution is 2.24. The van der Waals surface area contributed by atoms with Crippen LogP contribution in [-0.4, -0.2) is 16.1 Å². The topological polar surface area (TPSA) is 59.4 Å². The number of nitrogens with zero attached hydrogens (tertiary/aromatic N) is 1. The van der Waals surface area contributed by atoms with Gasteiger partial charge in [-0.25, -0.2) is 18.6 Å². The van der Waals surface area contributed by atoms with Crippen molar-refractivity contribution in [2.75, 3.05) is 0 Å². The van der Waals surface area contributed by atoms with Gasteiger partial charge in [0.15, 0.2) is 11.6 Å². The van der Waals surface area contributed by atoms with Crippen molar-refractivity contribution < 1.29 is 23.4 Å². The van der Waals surface area contributed by atoms with Gasteiger partial charge in [-0.05, 0) is 23.8 Å². The highest BCUT2D eigenvalue weighted by Gasteiger charge is 2.08. The van der Waals surface area contributed by atoms with Gasteiger partial charge in [0.05, 0.1) is 5.56 Å². The molecule has 1 aromatic carbocycles. The van der Waals surface area contributed by atoms with Gasteiger partial charge in [0.1, 0.15) is 6.67 Å². The van der Waals surface area contributed by atoms with E-state index in [2.05, 4.69) is 4.98 Å². The van der Waals surface area contributed by atoms with E-state index in [0.29, 0.717) is 0 Å². The zero-order chi connectivity index (χ0) is 13.8. The molecule has 0 radical (unpaired) electrons. The van der Waals surface area contributed by atoms with Crippen LogP contribution in [-0.2, 0) is 6.67 Å². The second-order valence-electron chi connectivity index (χ2n) is 3.69. The molecule has 0 spiro atoms. The molecule has 2 aromatic rings. The first-order chi connectivity index (χ1) is 9.10. The summed E-state index contributed by atoms with van der Waals surface area (Å²) in [5.41, 5.74) is 0.267. The van der Waals surface area contributed by atoms with Gasteiger partial charge in [0.25, 0.3) is 0 Å². The summed E-state index contributed by atoms with van der Waals surface area (Å²) < 4.78 is 31.0. The highest BCUT2D eigenvalue weighted by molar-refractivity contribution is 5.87. The molecule has 0 unspecified atom stereocenters. The summed E-state index contributed by atoms with van der Waals surface area (Å²) in [6, 6.07) is 6.20. The summed E-state index contributed by atoms with van der Waals surface area (Å²) in [6.45, 7) is -0.734. The molecule has 0 atom stereocenters. The minimum absolute atomic E-state index is 0.00895. The third kappa shape index (κ3) is 3.04. The summed E-state index contributed by atoms with van der Waals surface area (Å²) in [7, 11) is 0. The first kappa shape index (κ1) is 12.9. The molecule has 0 aliphatic rings. The molecule has 1 heterocycles. The van der Waals surface area contributed by atoms with Gasteiger partial charge in [-0.1, -0.05) is 6.07 Å². The number of hydrogen-bond donors (Lipinski definition) is 1. The quantitative estimate of drug-likeness (QED) is 0.922. The average molecular weight is 265 g/mol. The number of carbonyl (C=O) groups is 1.